The number of rotatable bonds is 3. The molecule has 0 saturated heterocycles. The summed E-state index contributed by atoms with van der Waals surface area (Å²) in [6.07, 6.45) is 1.61. The van der Waals surface area contributed by atoms with Crippen LogP contribution in [0.5, 0.6) is 0 Å². The molecule has 0 radical (unpaired) electrons. The molecule has 5 heteroatoms. The summed E-state index contributed by atoms with van der Waals surface area (Å²) in [5.74, 6) is -0.232. The van der Waals surface area contributed by atoms with Crippen LogP contribution >= 0.6 is 0 Å². The van der Waals surface area contributed by atoms with E-state index in [1.54, 1.807) is 30.5 Å². The molecule has 1 aliphatic carbocycles. The minimum atomic E-state index is -0.511. The third kappa shape index (κ3) is 2.01. The zero-order valence-electron chi connectivity index (χ0n) is 12.0. The van der Waals surface area contributed by atoms with Crippen molar-refractivity contribution in [3.63, 3.8) is 0 Å². The van der Waals surface area contributed by atoms with Crippen molar-refractivity contribution in [2.45, 2.75) is 13.8 Å². The zero-order chi connectivity index (χ0) is 15.0. The number of hydrogen-bond acceptors (Lipinski definition) is 5. The summed E-state index contributed by atoms with van der Waals surface area (Å²) in [7, 11) is 0. The summed E-state index contributed by atoms with van der Waals surface area (Å²) in [4.78, 5) is 35.2. The minimum absolute atomic E-state index is 0.333. The van der Waals surface area contributed by atoms with E-state index in [1.807, 2.05) is 13.8 Å². The number of carbonyl (C=O) groups excluding carboxylic acids is 2. The molecule has 0 aliphatic heterocycles. The van der Waals surface area contributed by atoms with Crippen molar-refractivity contribution in [3.05, 3.63) is 41.6 Å². The number of anilines is 1. The topological polar surface area (TPSA) is 63.2 Å². The third-order valence-electron chi connectivity index (χ3n) is 3.70. The number of pyridine rings is 2. The Labute approximate surface area is 122 Å². The van der Waals surface area contributed by atoms with Crippen molar-refractivity contribution in [3.8, 4) is 11.4 Å². The normalized spacial score (nSPS) is 12.9. The van der Waals surface area contributed by atoms with E-state index in [0.717, 1.165) is 18.9 Å². The van der Waals surface area contributed by atoms with Gasteiger partial charge in [-0.15, -0.1) is 0 Å². The van der Waals surface area contributed by atoms with E-state index >= 15 is 0 Å². The van der Waals surface area contributed by atoms with E-state index in [9.17, 15) is 9.59 Å². The maximum atomic E-state index is 12.2. The average Bonchev–Trinajstić information content (AvgIpc) is 2.54. The van der Waals surface area contributed by atoms with Crippen molar-refractivity contribution in [1.29, 1.82) is 0 Å². The van der Waals surface area contributed by atoms with Crippen molar-refractivity contribution >= 4 is 17.4 Å². The van der Waals surface area contributed by atoms with Crippen LogP contribution in [0, 0.1) is 0 Å². The van der Waals surface area contributed by atoms with Gasteiger partial charge in [0.15, 0.2) is 0 Å². The van der Waals surface area contributed by atoms with Gasteiger partial charge >= 0.3 is 0 Å². The molecule has 2 aromatic rings. The number of ketones is 2. The fraction of sp³-hybridized carbons (Fsp3) is 0.250. The van der Waals surface area contributed by atoms with Gasteiger partial charge in [0, 0.05) is 19.3 Å². The molecule has 0 fully saturated rings. The largest absolute Gasteiger partial charge is 0.357 e. The Morgan fingerprint density at radius 3 is 2.29 bits per heavy atom. The predicted molar refractivity (Wildman–Crippen MR) is 79.7 cm³/mol. The number of Topliss-reactive ketones (excluding diaryl/α,β-unsaturated/α-hetero) is 2. The zero-order valence-corrected chi connectivity index (χ0v) is 12.0. The third-order valence-corrected chi connectivity index (χ3v) is 3.70. The standard InChI is InChI=1S/C16H15N3O2/c1-3-19(4-2)12-8-7-11-14(18-12)13-10(6-5-9-17-13)15(20)16(11)21/h5-9H,3-4H2,1-2H3. The molecule has 0 atom stereocenters. The van der Waals surface area contributed by atoms with Gasteiger partial charge < -0.3 is 4.90 Å². The van der Waals surface area contributed by atoms with Gasteiger partial charge in [0.05, 0.1) is 11.1 Å². The highest BCUT2D eigenvalue weighted by atomic mass is 16.2. The summed E-state index contributed by atoms with van der Waals surface area (Å²) < 4.78 is 0. The van der Waals surface area contributed by atoms with Crippen molar-refractivity contribution < 1.29 is 9.59 Å². The molecular formula is C16H15N3O2. The van der Waals surface area contributed by atoms with E-state index in [0.29, 0.717) is 22.5 Å². The second-order valence-corrected chi connectivity index (χ2v) is 4.80. The van der Waals surface area contributed by atoms with Crippen LogP contribution in [0.3, 0.4) is 0 Å². The number of aromatic nitrogens is 2. The van der Waals surface area contributed by atoms with E-state index in [1.165, 1.54) is 0 Å². The molecular weight excluding hydrogens is 266 g/mol. The molecule has 0 amide bonds. The van der Waals surface area contributed by atoms with Crippen LogP contribution in [-0.2, 0) is 0 Å². The summed E-state index contributed by atoms with van der Waals surface area (Å²) in [6, 6.07) is 6.74. The monoisotopic (exact) mass is 281 g/mol. The molecule has 0 aromatic carbocycles. The number of fused-ring (bicyclic) bond motifs is 3. The minimum Gasteiger partial charge on any atom is -0.357 e. The molecule has 2 heterocycles. The van der Waals surface area contributed by atoms with Gasteiger partial charge in [-0.3, -0.25) is 14.6 Å². The molecule has 0 N–H and O–H groups in total. The number of carbonyl (C=O) groups is 2. The average molecular weight is 281 g/mol. The highest BCUT2D eigenvalue weighted by molar-refractivity contribution is 6.52. The fourth-order valence-corrected chi connectivity index (χ4v) is 2.56. The first-order valence-electron chi connectivity index (χ1n) is 6.97. The quantitative estimate of drug-likeness (QED) is 0.808. The van der Waals surface area contributed by atoms with Gasteiger partial charge in [-0.25, -0.2) is 4.98 Å². The van der Waals surface area contributed by atoms with Gasteiger partial charge in [-0.1, -0.05) is 0 Å². The Morgan fingerprint density at radius 2 is 1.62 bits per heavy atom. The van der Waals surface area contributed by atoms with Gasteiger partial charge in [0.25, 0.3) is 0 Å². The van der Waals surface area contributed by atoms with Crippen LogP contribution in [0.4, 0.5) is 5.82 Å². The van der Waals surface area contributed by atoms with Crippen LogP contribution in [0.1, 0.15) is 34.6 Å². The lowest BCUT2D eigenvalue weighted by atomic mass is 9.90. The molecule has 21 heavy (non-hydrogen) atoms. The van der Waals surface area contributed by atoms with Gasteiger partial charge in [0.1, 0.15) is 17.2 Å². The summed E-state index contributed by atoms with van der Waals surface area (Å²) in [6.45, 7) is 5.74. The maximum absolute atomic E-state index is 12.2. The molecule has 2 aromatic heterocycles. The lowest BCUT2D eigenvalue weighted by Crippen LogP contribution is -2.26. The van der Waals surface area contributed by atoms with Gasteiger partial charge in [0.2, 0.25) is 11.6 Å². The molecule has 1 aliphatic rings. The fourth-order valence-electron chi connectivity index (χ4n) is 2.56. The molecule has 0 saturated carbocycles. The summed E-state index contributed by atoms with van der Waals surface area (Å²) in [5, 5.41) is 0. The second kappa shape index (κ2) is 5.09. The smallest absolute Gasteiger partial charge is 0.235 e. The van der Waals surface area contributed by atoms with E-state index in [-0.39, 0.29) is 0 Å². The van der Waals surface area contributed by atoms with Gasteiger partial charge in [-0.2, -0.15) is 0 Å². The summed E-state index contributed by atoms with van der Waals surface area (Å²) in [5.41, 5.74) is 1.66. The Balaban J connectivity index is 2.22. The van der Waals surface area contributed by atoms with Crippen LogP contribution in [0.15, 0.2) is 30.5 Å². The second-order valence-electron chi connectivity index (χ2n) is 4.80. The van der Waals surface area contributed by atoms with Crippen molar-refractivity contribution in [1.82, 2.24) is 9.97 Å². The highest BCUT2D eigenvalue weighted by Gasteiger charge is 2.32. The first-order valence-corrected chi connectivity index (χ1v) is 6.97. The molecule has 0 bridgehead atoms. The number of hydrogen-bond donors (Lipinski definition) is 0. The van der Waals surface area contributed by atoms with E-state index in [2.05, 4.69) is 14.9 Å². The Morgan fingerprint density at radius 1 is 0.952 bits per heavy atom. The molecule has 0 unspecified atom stereocenters. The molecule has 3 rings (SSSR count). The summed E-state index contributed by atoms with van der Waals surface area (Å²) >= 11 is 0. The maximum Gasteiger partial charge on any atom is 0.235 e. The van der Waals surface area contributed by atoms with Crippen LogP contribution in [-0.4, -0.2) is 34.6 Å². The van der Waals surface area contributed by atoms with Crippen molar-refractivity contribution in [2.24, 2.45) is 0 Å². The highest BCUT2D eigenvalue weighted by Crippen LogP contribution is 2.31. The molecule has 106 valence electrons. The molecule has 0 spiro atoms. The SMILES string of the molecule is CCN(CC)c1ccc2c(n1)-c1ncccc1C(=O)C2=O. The molecule has 5 nitrogen and oxygen atoms in total. The first-order chi connectivity index (χ1) is 10.2. The van der Waals surface area contributed by atoms with Gasteiger partial charge in [-0.05, 0) is 38.1 Å². The number of nitrogens with zero attached hydrogens (tertiary/aromatic N) is 3. The lowest BCUT2D eigenvalue weighted by Gasteiger charge is -2.22. The lowest BCUT2D eigenvalue weighted by molar-refractivity contribution is 0.0814. The Hall–Kier alpha value is -2.56. The van der Waals surface area contributed by atoms with Crippen LogP contribution in [0.2, 0.25) is 0 Å². The van der Waals surface area contributed by atoms with E-state index in [4.69, 9.17) is 0 Å². The van der Waals surface area contributed by atoms with Crippen LogP contribution < -0.4 is 4.90 Å². The Kier molecular flexibility index (Phi) is 3.25. The Bertz CT molecular complexity index is 736. The van der Waals surface area contributed by atoms with Crippen molar-refractivity contribution in [2.75, 3.05) is 18.0 Å². The van der Waals surface area contributed by atoms with Crippen LogP contribution in [0.25, 0.3) is 11.4 Å². The first kappa shape index (κ1) is 13.4. The van der Waals surface area contributed by atoms with E-state index < -0.39 is 11.6 Å². The predicted octanol–water partition coefficient (Wildman–Crippen LogP) is 2.37.